The van der Waals surface area contributed by atoms with E-state index in [1.807, 2.05) is 30.3 Å². The van der Waals surface area contributed by atoms with Crippen molar-refractivity contribution in [3.8, 4) is 0 Å². The zero-order valence-corrected chi connectivity index (χ0v) is 24.2. The Hall–Kier alpha value is -2.83. The molecule has 1 aliphatic carbocycles. The second-order valence-electron chi connectivity index (χ2n) is 12.1. The number of halogens is 1. The summed E-state index contributed by atoms with van der Waals surface area (Å²) >= 11 is 6.18. The molecular formula is C31H40ClNO5. The lowest BCUT2D eigenvalue weighted by molar-refractivity contribution is -0.171. The molecule has 38 heavy (non-hydrogen) atoms. The molecule has 0 saturated heterocycles. The van der Waals surface area contributed by atoms with Crippen molar-refractivity contribution in [3.63, 3.8) is 0 Å². The maximum absolute atomic E-state index is 13.8. The molecular weight excluding hydrogens is 502 g/mol. The van der Waals surface area contributed by atoms with Gasteiger partial charge in [-0.15, -0.1) is 0 Å². The van der Waals surface area contributed by atoms with Crippen LogP contribution in [-0.4, -0.2) is 40.4 Å². The molecule has 0 spiro atoms. The lowest BCUT2D eigenvalue weighted by Crippen LogP contribution is -2.52. The van der Waals surface area contributed by atoms with Crippen LogP contribution in [0, 0.1) is 5.92 Å². The maximum Gasteiger partial charge on any atom is 0.336 e. The number of carbonyl (C=O) groups excluding carboxylic acids is 2. The Morgan fingerprint density at radius 1 is 0.974 bits per heavy atom. The van der Waals surface area contributed by atoms with Gasteiger partial charge in [0.15, 0.2) is 0 Å². The molecule has 0 heterocycles. The predicted molar refractivity (Wildman–Crippen MR) is 150 cm³/mol. The minimum absolute atomic E-state index is 0.0599. The second kappa shape index (κ2) is 11.5. The molecule has 0 fully saturated rings. The van der Waals surface area contributed by atoms with Gasteiger partial charge in [-0.05, 0) is 78.1 Å². The summed E-state index contributed by atoms with van der Waals surface area (Å²) in [5.74, 6) is -2.99. The van der Waals surface area contributed by atoms with Crippen molar-refractivity contribution in [2.75, 3.05) is 6.54 Å². The Morgan fingerprint density at radius 3 is 2.11 bits per heavy atom. The van der Waals surface area contributed by atoms with E-state index in [1.54, 1.807) is 72.7 Å². The Kier molecular flexibility index (Phi) is 9.00. The van der Waals surface area contributed by atoms with E-state index in [-0.39, 0.29) is 6.42 Å². The van der Waals surface area contributed by atoms with Crippen LogP contribution in [0.4, 0.5) is 0 Å². The van der Waals surface area contributed by atoms with Gasteiger partial charge in [0, 0.05) is 29.6 Å². The van der Waals surface area contributed by atoms with Crippen molar-refractivity contribution in [2.24, 2.45) is 5.92 Å². The van der Waals surface area contributed by atoms with E-state index in [1.165, 1.54) is 0 Å². The number of rotatable bonds is 7. The minimum Gasteiger partial charge on any atom is -0.460 e. The minimum atomic E-state index is -1.51. The highest BCUT2D eigenvalue weighted by Crippen LogP contribution is 2.48. The van der Waals surface area contributed by atoms with Crippen LogP contribution in [0.5, 0.6) is 0 Å². The molecule has 0 unspecified atom stereocenters. The van der Waals surface area contributed by atoms with E-state index >= 15 is 0 Å². The van der Waals surface area contributed by atoms with E-state index < -0.39 is 40.6 Å². The molecule has 0 saturated carbocycles. The molecule has 3 atom stereocenters. The zero-order chi connectivity index (χ0) is 28.3. The van der Waals surface area contributed by atoms with Crippen LogP contribution in [0.3, 0.4) is 0 Å². The van der Waals surface area contributed by atoms with E-state index in [0.717, 1.165) is 12.0 Å². The van der Waals surface area contributed by atoms with Crippen molar-refractivity contribution in [1.82, 2.24) is 5.32 Å². The van der Waals surface area contributed by atoms with E-state index in [2.05, 4.69) is 5.32 Å². The van der Waals surface area contributed by atoms with Gasteiger partial charge in [-0.1, -0.05) is 54.1 Å². The van der Waals surface area contributed by atoms with Gasteiger partial charge >= 0.3 is 11.9 Å². The Labute approximate surface area is 231 Å². The van der Waals surface area contributed by atoms with Crippen molar-refractivity contribution in [2.45, 2.75) is 84.0 Å². The lowest BCUT2D eigenvalue weighted by atomic mass is 9.65. The summed E-state index contributed by atoms with van der Waals surface area (Å²) in [6.07, 6.45) is 0.777. The molecule has 2 aromatic carbocycles. The SMILES string of the molecule is CC(C)(C)OC(=O)C1=C(NCCc2ccccc2)C[C@](C)(O)[C@@H](C(=O)OC(C)(C)C)[C@@H]1c1ccc(Cl)cc1. The van der Waals surface area contributed by atoms with Gasteiger partial charge in [0.05, 0.1) is 17.1 Å². The first-order chi connectivity index (χ1) is 17.6. The van der Waals surface area contributed by atoms with Crippen LogP contribution in [0.1, 0.15) is 71.9 Å². The molecule has 2 N–H and O–H groups in total. The highest BCUT2D eigenvalue weighted by molar-refractivity contribution is 6.30. The van der Waals surface area contributed by atoms with Gasteiger partial charge in [0.2, 0.25) is 0 Å². The Balaban J connectivity index is 2.15. The zero-order valence-electron chi connectivity index (χ0n) is 23.4. The number of hydrogen-bond acceptors (Lipinski definition) is 6. The number of hydrogen-bond donors (Lipinski definition) is 2. The van der Waals surface area contributed by atoms with Crippen LogP contribution in [0.15, 0.2) is 65.9 Å². The molecule has 1 aliphatic rings. The molecule has 2 aromatic rings. The topological polar surface area (TPSA) is 84.9 Å². The summed E-state index contributed by atoms with van der Waals surface area (Å²) in [7, 11) is 0. The fourth-order valence-corrected chi connectivity index (χ4v) is 4.93. The first-order valence-electron chi connectivity index (χ1n) is 13.0. The van der Waals surface area contributed by atoms with Crippen LogP contribution in [0.2, 0.25) is 5.02 Å². The Bertz CT molecular complexity index is 1160. The number of esters is 2. The number of ether oxygens (including phenoxy) is 2. The van der Waals surface area contributed by atoms with Crippen molar-refractivity contribution >= 4 is 23.5 Å². The van der Waals surface area contributed by atoms with Crippen LogP contribution in [-0.2, 0) is 25.5 Å². The highest BCUT2D eigenvalue weighted by Gasteiger charge is 2.53. The fourth-order valence-electron chi connectivity index (χ4n) is 4.80. The summed E-state index contributed by atoms with van der Waals surface area (Å²) in [5.41, 5.74) is -0.367. The maximum atomic E-state index is 13.8. The fraction of sp³-hybridized carbons (Fsp3) is 0.484. The molecule has 0 amide bonds. The third-order valence-corrected chi connectivity index (χ3v) is 6.53. The number of aliphatic hydroxyl groups is 1. The largest absolute Gasteiger partial charge is 0.460 e. The number of nitrogens with one attached hydrogen (secondary N) is 1. The summed E-state index contributed by atoms with van der Waals surface area (Å²) in [4.78, 5) is 27.4. The number of benzene rings is 2. The first-order valence-corrected chi connectivity index (χ1v) is 13.4. The molecule has 0 aliphatic heterocycles. The molecule has 6 nitrogen and oxygen atoms in total. The first kappa shape index (κ1) is 29.7. The van der Waals surface area contributed by atoms with E-state index in [0.29, 0.717) is 28.4 Å². The van der Waals surface area contributed by atoms with E-state index in [9.17, 15) is 14.7 Å². The van der Waals surface area contributed by atoms with Crippen molar-refractivity contribution < 1.29 is 24.2 Å². The Morgan fingerprint density at radius 2 is 1.55 bits per heavy atom. The molecule has 3 rings (SSSR count). The van der Waals surface area contributed by atoms with Crippen LogP contribution >= 0.6 is 11.6 Å². The van der Waals surface area contributed by atoms with Crippen LogP contribution in [0.25, 0.3) is 0 Å². The van der Waals surface area contributed by atoms with Gasteiger partial charge < -0.3 is 19.9 Å². The van der Waals surface area contributed by atoms with Gasteiger partial charge in [0.1, 0.15) is 11.2 Å². The molecule has 206 valence electrons. The smallest absolute Gasteiger partial charge is 0.336 e. The van der Waals surface area contributed by atoms with Gasteiger partial charge in [-0.25, -0.2) is 4.79 Å². The average Bonchev–Trinajstić information content (AvgIpc) is 2.76. The lowest BCUT2D eigenvalue weighted by Gasteiger charge is -2.44. The molecule has 0 radical (unpaired) electrons. The highest BCUT2D eigenvalue weighted by atomic mass is 35.5. The van der Waals surface area contributed by atoms with Gasteiger partial charge in [-0.2, -0.15) is 0 Å². The molecule has 0 aromatic heterocycles. The quantitative estimate of drug-likeness (QED) is 0.420. The monoisotopic (exact) mass is 541 g/mol. The summed E-state index contributed by atoms with van der Waals surface area (Å²) in [6, 6.07) is 17.0. The van der Waals surface area contributed by atoms with Crippen molar-refractivity contribution in [3.05, 3.63) is 82.0 Å². The third kappa shape index (κ3) is 7.84. The van der Waals surface area contributed by atoms with Crippen LogP contribution < -0.4 is 5.32 Å². The average molecular weight is 542 g/mol. The van der Waals surface area contributed by atoms with Gasteiger partial charge in [-0.3, -0.25) is 4.79 Å². The standard InChI is InChI=1S/C31H40ClNO5/c1-29(2,3)37-27(34)25-23(33-18-17-20-11-9-8-10-12-20)19-31(7,36)26(28(35)38-30(4,5)6)24(25)21-13-15-22(32)16-14-21/h8-16,24,26,33,36H,17-19H2,1-7H3/t24-,26-,31+/m1/s1. The predicted octanol–water partition coefficient (Wildman–Crippen LogP) is 5.96. The summed E-state index contributed by atoms with van der Waals surface area (Å²) < 4.78 is 11.6. The normalized spacial score (nSPS) is 22.1. The second-order valence-corrected chi connectivity index (χ2v) is 12.6. The van der Waals surface area contributed by atoms with E-state index in [4.69, 9.17) is 21.1 Å². The number of carbonyl (C=O) groups is 2. The summed E-state index contributed by atoms with van der Waals surface area (Å²) in [6.45, 7) is 12.9. The molecule has 7 heteroatoms. The van der Waals surface area contributed by atoms with Gasteiger partial charge in [0.25, 0.3) is 0 Å². The third-order valence-electron chi connectivity index (χ3n) is 6.28. The molecule has 0 bridgehead atoms. The van der Waals surface area contributed by atoms with Crippen molar-refractivity contribution in [1.29, 1.82) is 0 Å². The summed E-state index contributed by atoms with van der Waals surface area (Å²) in [5, 5.41) is 15.7.